The van der Waals surface area contributed by atoms with E-state index < -0.39 is 5.97 Å². The molecule has 1 rings (SSSR count). The van der Waals surface area contributed by atoms with Gasteiger partial charge in [-0.05, 0) is 25.0 Å². The summed E-state index contributed by atoms with van der Waals surface area (Å²) in [5.74, 6) is -0.294. The molecule has 5 heteroatoms. The Kier molecular flexibility index (Phi) is 15.3. The van der Waals surface area contributed by atoms with E-state index in [4.69, 9.17) is 14.6 Å². The van der Waals surface area contributed by atoms with Crippen LogP contribution in [-0.4, -0.2) is 24.3 Å². The third-order valence-electron chi connectivity index (χ3n) is 3.97. The molecular weight excluding hydrogens is 327 g/mol. The number of benzene rings is 1. The molecule has 0 spiro atoms. The van der Waals surface area contributed by atoms with Gasteiger partial charge in [-0.25, -0.2) is 4.79 Å². The van der Waals surface area contributed by atoms with Gasteiger partial charge in [0.25, 0.3) is 0 Å². The molecule has 0 aliphatic rings. The van der Waals surface area contributed by atoms with E-state index in [0.717, 1.165) is 31.4 Å². The Balaban J connectivity index is 0. The summed E-state index contributed by atoms with van der Waals surface area (Å²) in [5.41, 5.74) is 1.18. The molecule has 0 fully saturated rings. The van der Waals surface area contributed by atoms with Crippen molar-refractivity contribution in [2.24, 2.45) is 0 Å². The summed E-state index contributed by atoms with van der Waals surface area (Å²) in [6.07, 6.45) is 9.22. The van der Waals surface area contributed by atoms with E-state index in [-0.39, 0.29) is 36.5 Å². The van der Waals surface area contributed by atoms with E-state index in [2.05, 4.69) is 13.8 Å². The van der Waals surface area contributed by atoms with Crippen molar-refractivity contribution in [3.63, 3.8) is 0 Å². The molecule has 0 bridgehead atoms. The van der Waals surface area contributed by atoms with Gasteiger partial charge in [0.05, 0.1) is 18.8 Å². The minimum absolute atomic E-state index is 0. The summed E-state index contributed by atoms with van der Waals surface area (Å²) in [4.78, 5) is 11.2. The number of hydrogen-bond acceptors (Lipinski definition) is 3. The average molecular weight is 360 g/mol. The largest absolute Gasteiger partial charge is 1.00 e. The predicted octanol–water partition coefficient (Wildman–Crippen LogP) is 2.56. The summed E-state index contributed by atoms with van der Waals surface area (Å²) in [6, 6.07) is 5.02. The van der Waals surface area contributed by atoms with Gasteiger partial charge < -0.3 is 16.0 Å². The Morgan fingerprint density at radius 3 is 2.24 bits per heavy atom. The topological polar surface area (TPSA) is 55.8 Å². The first-order valence-electron chi connectivity index (χ1n) is 9.25. The molecule has 0 heterocycles. The molecule has 25 heavy (non-hydrogen) atoms. The maximum Gasteiger partial charge on any atom is 1.00 e. The van der Waals surface area contributed by atoms with Gasteiger partial charge in [0.1, 0.15) is 5.75 Å². The first-order valence-corrected chi connectivity index (χ1v) is 9.25. The number of hydrogen-bond donors (Lipinski definition) is 1. The second-order valence-electron chi connectivity index (χ2n) is 6.15. The predicted molar refractivity (Wildman–Crippen MR) is 97.9 cm³/mol. The quantitative estimate of drug-likeness (QED) is 0.409. The van der Waals surface area contributed by atoms with Gasteiger partial charge in [-0.2, -0.15) is 0 Å². The first-order chi connectivity index (χ1) is 11.7. The van der Waals surface area contributed by atoms with Crippen molar-refractivity contribution in [1.82, 2.24) is 0 Å². The van der Waals surface area contributed by atoms with Crippen molar-refractivity contribution in [3.8, 4) is 5.75 Å². The van der Waals surface area contributed by atoms with Crippen LogP contribution in [-0.2, 0) is 11.3 Å². The zero-order valence-corrected chi connectivity index (χ0v) is 18.2. The fourth-order valence-corrected chi connectivity index (χ4v) is 2.47. The van der Waals surface area contributed by atoms with Crippen molar-refractivity contribution in [3.05, 3.63) is 29.3 Å². The second kappa shape index (κ2) is 15.7. The van der Waals surface area contributed by atoms with Crippen LogP contribution < -0.4 is 34.3 Å². The number of carboxylic acid groups (broad SMARTS) is 1. The summed E-state index contributed by atoms with van der Waals surface area (Å²) in [5, 5.41) is 9.15. The molecule has 0 saturated carbocycles. The molecule has 0 aliphatic heterocycles. The van der Waals surface area contributed by atoms with Crippen molar-refractivity contribution >= 4 is 5.97 Å². The van der Waals surface area contributed by atoms with Crippen LogP contribution in [0.1, 0.15) is 82.6 Å². The Morgan fingerprint density at radius 2 is 1.64 bits per heavy atom. The summed E-state index contributed by atoms with van der Waals surface area (Å²) in [7, 11) is 0. The zero-order chi connectivity index (χ0) is 17.6. The number of carboxylic acids is 1. The smallest absolute Gasteiger partial charge is 1.00 e. The van der Waals surface area contributed by atoms with Gasteiger partial charge in [0, 0.05) is 12.2 Å². The number of aromatic carboxylic acids is 1. The summed E-state index contributed by atoms with van der Waals surface area (Å²) in [6.45, 7) is 6.18. The fraction of sp³-hybridized carbons (Fsp3) is 0.650. The van der Waals surface area contributed by atoms with E-state index in [1.807, 2.05) is 0 Å². The van der Waals surface area contributed by atoms with Gasteiger partial charge in [0.2, 0.25) is 0 Å². The maximum atomic E-state index is 11.2. The standard InChI is InChI=1S/C20H32O4.Na.H/c1-3-5-7-9-13-23-16-18-12-11-17(20(21)22)15-19(18)24-14-10-8-6-4-2;;/h11-12,15H,3-10,13-14,16H2,1-2H3,(H,21,22);;/q;+1;-1. The normalized spacial score (nSPS) is 10.3. The molecule has 0 radical (unpaired) electrons. The zero-order valence-electron chi connectivity index (χ0n) is 17.2. The Bertz CT molecular complexity index is 483. The van der Waals surface area contributed by atoms with Crippen LogP contribution in [0.15, 0.2) is 18.2 Å². The van der Waals surface area contributed by atoms with Gasteiger partial charge in [0.15, 0.2) is 0 Å². The number of carbonyl (C=O) groups is 1. The van der Waals surface area contributed by atoms with Crippen molar-refractivity contribution in [2.75, 3.05) is 13.2 Å². The summed E-state index contributed by atoms with van der Waals surface area (Å²) >= 11 is 0. The Morgan fingerprint density at radius 1 is 1.00 bits per heavy atom. The molecule has 0 atom stereocenters. The molecule has 1 N–H and O–H groups in total. The molecule has 0 aliphatic carbocycles. The van der Waals surface area contributed by atoms with E-state index in [9.17, 15) is 4.79 Å². The Labute approximate surface area is 176 Å². The van der Waals surface area contributed by atoms with E-state index in [0.29, 0.717) is 19.0 Å². The number of ether oxygens (including phenoxy) is 2. The molecule has 0 amide bonds. The minimum atomic E-state index is -0.933. The van der Waals surface area contributed by atoms with Crippen molar-refractivity contribution in [1.29, 1.82) is 0 Å². The molecule has 138 valence electrons. The van der Waals surface area contributed by atoms with Gasteiger partial charge in [-0.1, -0.05) is 58.4 Å². The van der Waals surface area contributed by atoms with E-state index >= 15 is 0 Å². The van der Waals surface area contributed by atoms with Crippen LogP contribution in [0.25, 0.3) is 0 Å². The number of rotatable bonds is 14. The third-order valence-corrected chi connectivity index (χ3v) is 3.97. The summed E-state index contributed by atoms with van der Waals surface area (Å²) < 4.78 is 11.6. The molecule has 1 aromatic rings. The van der Waals surface area contributed by atoms with Crippen LogP contribution in [0.4, 0.5) is 0 Å². The van der Waals surface area contributed by atoms with Crippen LogP contribution >= 0.6 is 0 Å². The molecular formula is C20H33NaO4. The molecule has 0 saturated heterocycles. The van der Waals surface area contributed by atoms with E-state index in [1.165, 1.54) is 32.1 Å². The third kappa shape index (κ3) is 10.9. The van der Waals surface area contributed by atoms with Crippen molar-refractivity contribution in [2.45, 2.75) is 71.8 Å². The van der Waals surface area contributed by atoms with Crippen LogP contribution in [0.2, 0.25) is 0 Å². The van der Waals surface area contributed by atoms with Crippen LogP contribution in [0, 0.1) is 0 Å². The molecule has 4 nitrogen and oxygen atoms in total. The number of unbranched alkanes of at least 4 members (excludes halogenated alkanes) is 6. The van der Waals surface area contributed by atoms with Gasteiger partial charge in [-0.15, -0.1) is 0 Å². The SMILES string of the molecule is CCCCCCOCc1ccc(C(=O)O)cc1OCCCCCC.[H-].[Na+]. The van der Waals surface area contributed by atoms with Gasteiger partial charge >= 0.3 is 35.5 Å². The minimum Gasteiger partial charge on any atom is -1.00 e. The van der Waals surface area contributed by atoms with E-state index in [1.54, 1.807) is 18.2 Å². The van der Waals surface area contributed by atoms with Crippen LogP contribution in [0.3, 0.4) is 0 Å². The molecule has 0 unspecified atom stereocenters. The monoisotopic (exact) mass is 360 g/mol. The fourth-order valence-electron chi connectivity index (χ4n) is 2.47. The van der Waals surface area contributed by atoms with Crippen molar-refractivity contribution < 1.29 is 50.4 Å². The molecule has 1 aromatic carbocycles. The first kappa shape index (κ1) is 24.5. The second-order valence-corrected chi connectivity index (χ2v) is 6.15. The average Bonchev–Trinajstić information content (AvgIpc) is 2.58. The molecule has 0 aromatic heterocycles. The maximum absolute atomic E-state index is 11.2. The van der Waals surface area contributed by atoms with Crippen LogP contribution in [0.5, 0.6) is 5.75 Å². The Hall–Kier alpha value is -0.550. The van der Waals surface area contributed by atoms with Gasteiger partial charge in [-0.3, -0.25) is 0 Å².